The monoisotopic (exact) mass is 563 g/mol. The van der Waals surface area contributed by atoms with E-state index < -0.39 is 30.2 Å². The smallest absolute Gasteiger partial charge is 0.411 e. The molecule has 0 aliphatic carbocycles. The first-order chi connectivity index (χ1) is 19.9. The zero-order valence-electron chi connectivity index (χ0n) is 23.9. The maximum atomic E-state index is 13.6. The molecule has 1 heterocycles. The molecule has 0 saturated carbocycles. The summed E-state index contributed by atoms with van der Waals surface area (Å²) in [5.41, 5.74) is 1.19. The fourth-order valence-corrected chi connectivity index (χ4v) is 4.46. The summed E-state index contributed by atoms with van der Waals surface area (Å²) in [5.74, 6) is -1.17. The number of rotatable bonds is 10. The number of aliphatic hydroxyl groups excluding tert-OH is 1. The fraction of sp³-hybridized carbons (Fsp3) is 0.424. The van der Waals surface area contributed by atoms with Gasteiger partial charge in [0.1, 0.15) is 17.4 Å². The first-order valence-electron chi connectivity index (χ1n) is 14.4. The lowest BCUT2D eigenvalue weighted by molar-refractivity contribution is 0.00678. The second-order valence-corrected chi connectivity index (χ2v) is 10.2. The van der Waals surface area contributed by atoms with Crippen molar-refractivity contribution in [2.24, 2.45) is 5.92 Å². The molecule has 0 aromatic heterocycles. The van der Waals surface area contributed by atoms with Crippen molar-refractivity contribution in [3.8, 4) is 5.75 Å². The Labute approximate surface area is 242 Å². The van der Waals surface area contributed by atoms with Crippen molar-refractivity contribution in [2.75, 3.05) is 6.61 Å². The van der Waals surface area contributed by atoms with Crippen LogP contribution in [0.25, 0.3) is 0 Å². The molecule has 1 amide bonds. The highest BCUT2D eigenvalue weighted by Crippen LogP contribution is 2.28. The number of hydrogen-bond acceptors (Lipinski definition) is 7. The highest BCUT2D eigenvalue weighted by molar-refractivity contribution is 5.97. The third-order valence-electron chi connectivity index (χ3n) is 6.93. The average Bonchev–Trinajstić information content (AvgIpc) is 2.97. The summed E-state index contributed by atoms with van der Waals surface area (Å²) in [5, 5.41) is 13.4. The van der Waals surface area contributed by atoms with Crippen LogP contribution >= 0.6 is 0 Å². The van der Waals surface area contributed by atoms with Crippen molar-refractivity contribution in [1.82, 2.24) is 5.32 Å². The molecule has 3 unspecified atom stereocenters. The number of carbonyl (C=O) groups is 3. The second kappa shape index (κ2) is 17.0. The Bertz CT molecular complexity index is 1190. The number of carbonyl (C=O) groups excluding carboxylic acids is 3. The summed E-state index contributed by atoms with van der Waals surface area (Å²) in [6.07, 6.45) is 10.7. The van der Waals surface area contributed by atoms with Crippen molar-refractivity contribution >= 4 is 18.0 Å². The van der Waals surface area contributed by atoms with Crippen molar-refractivity contribution in [3.63, 3.8) is 0 Å². The van der Waals surface area contributed by atoms with Gasteiger partial charge in [-0.3, -0.25) is 5.32 Å². The Hall–Kier alpha value is -3.91. The third-order valence-corrected chi connectivity index (χ3v) is 6.93. The second-order valence-electron chi connectivity index (χ2n) is 10.2. The number of esters is 2. The van der Waals surface area contributed by atoms with E-state index in [4.69, 9.17) is 14.2 Å². The van der Waals surface area contributed by atoms with Crippen LogP contribution in [0.15, 0.2) is 73.0 Å². The Balaban J connectivity index is 1.74. The standard InChI is InChI=1S/C33H41NO7/c1-3-4-5-11-22-39-33(38)34-21-13-19-27-23-28(35)24(2)14-9-10-15-25-18-12-20-29(30(25)32(37)40-27)41-31(36)26-16-7-6-8-17-26/h6-10,12-13,16-18,20-21,24,27-28,35H,3-5,11,14-15,19,22-23H2,1-2H3,(H,34,38)/b10-9-,21-13+. The molecule has 1 aliphatic rings. The number of fused-ring (bicyclic) bond motifs is 1. The van der Waals surface area contributed by atoms with Gasteiger partial charge in [0, 0.05) is 19.0 Å². The van der Waals surface area contributed by atoms with E-state index in [2.05, 4.69) is 12.2 Å². The first kappa shape index (κ1) is 31.6. The molecule has 0 fully saturated rings. The van der Waals surface area contributed by atoms with E-state index in [-0.39, 0.29) is 30.1 Å². The summed E-state index contributed by atoms with van der Waals surface area (Å²) < 4.78 is 16.7. The molecular formula is C33H41NO7. The van der Waals surface area contributed by atoms with E-state index in [9.17, 15) is 19.5 Å². The van der Waals surface area contributed by atoms with Gasteiger partial charge in [-0.2, -0.15) is 0 Å². The highest BCUT2D eigenvalue weighted by Gasteiger charge is 2.27. The molecule has 8 heteroatoms. The van der Waals surface area contributed by atoms with Gasteiger partial charge in [0.2, 0.25) is 0 Å². The zero-order valence-corrected chi connectivity index (χ0v) is 23.9. The number of hydrogen-bond donors (Lipinski definition) is 2. The van der Waals surface area contributed by atoms with Crippen molar-refractivity contribution in [1.29, 1.82) is 0 Å². The molecule has 2 N–H and O–H groups in total. The first-order valence-corrected chi connectivity index (χ1v) is 14.4. The van der Waals surface area contributed by atoms with E-state index in [0.29, 0.717) is 30.6 Å². The lowest BCUT2D eigenvalue weighted by atomic mass is 9.93. The summed E-state index contributed by atoms with van der Waals surface area (Å²) in [7, 11) is 0. The number of ether oxygens (including phenoxy) is 3. The van der Waals surface area contributed by atoms with Crippen LogP contribution in [-0.4, -0.2) is 42.0 Å². The predicted octanol–water partition coefficient (Wildman–Crippen LogP) is 6.53. The average molecular weight is 564 g/mol. The summed E-state index contributed by atoms with van der Waals surface area (Å²) in [6.45, 7) is 4.42. The molecule has 2 aromatic rings. The maximum Gasteiger partial charge on any atom is 0.411 e. The summed E-state index contributed by atoms with van der Waals surface area (Å²) in [6, 6.07) is 13.7. The number of aliphatic hydroxyl groups is 1. The van der Waals surface area contributed by atoms with E-state index >= 15 is 0 Å². The van der Waals surface area contributed by atoms with Crippen LogP contribution in [0.2, 0.25) is 0 Å². The summed E-state index contributed by atoms with van der Waals surface area (Å²) >= 11 is 0. The highest BCUT2D eigenvalue weighted by atomic mass is 16.6. The number of unbranched alkanes of at least 4 members (excludes halogenated alkanes) is 3. The van der Waals surface area contributed by atoms with Gasteiger partial charge in [0.25, 0.3) is 0 Å². The minimum atomic E-state index is -0.711. The van der Waals surface area contributed by atoms with Crippen LogP contribution in [0.3, 0.4) is 0 Å². The SMILES string of the molecule is CCCCCCOC(=O)N/C=C/CC1CC(O)C(C)C/C=C\Cc2cccc(OC(=O)c3ccccc3)c2C(=O)O1. The number of amides is 1. The molecule has 0 spiro atoms. The van der Waals surface area contributed by atoms with Gasteiger partial charge in [0.15, 0.2) is 0 Å². The van der Waals surface area contributed by atoms with Crippen LogP contribution in [0.5, 0.6) is 5.75 Å². The quantitative estimate of drug-likeness (QED) is 0.146. The zero-order chi connectivity index (χ0) is 29.5. The molecule has 8 nitrogen and oxygen atoms in total. The molecule has 2 aromatic carbocycles. The third kappa shape index (κ3) is 10.5. The van der Waals surface area contributed by atoms with Gasteiger partial charge >= 0.3 is 18.0 Å². The number of alkyl carbamates (subject to hydrolysis) is 1. The lowest BCUT2D eigenvalue weighted by Crippen LogP contribution is -2.28. The molecule has 0 bridgehead atoms. The van der Waals surface area contributed by atoms with Gasteiger partial charge in [-0.25, -0.2) is 14.4 Å². The molecule has 3 atom stereocenters. The van der Waals surface area contributed by atoms with Crippen LogP contribution in [0.1, 0.15) is 85.1 Å². The molecule has 220 valence electrons. The van der Waals surface area contributed by atoms with Crippen LogP contribution < -0.4 is 10.1 Å². The van der Waals surface area contributed by atoms with E-state index in [1.165, 1.54) is 6.20 Å². The molecule has 1 aliphatic heterocycles. The molecule has 3 rings (SSSR count). The fourth-order valence-electron chi connectivity index (χ4n) is 4.46. The van der Waals surface area contributed by atoms with Gasteiger partial charge in [-0.05, 0) is 48.9 Å². The minimum Gasteiger partial charge on any atom is -0.458 e. The number of nitrogens with one attached hydrogen (secondary N) is 1. The molecule has 0 radical (unpaired) electrons. The maximum absolute atomic E-state index is 13.6. The number of cyclic esters (lactones) is 1. The van der Waals surface area contributed by atoms with Gasteiger partial charge in [-0.1, -0.05) is 81.7 Å². The van der Waals surface area contributed by atoms with Crippen LogP contribution in [0.4, 0.5) is 4.79 Å². The van der Waals surface area contributed by atoms with E-state index in [1.807, 2.05) is 19.1 Å². The Morgan fingerprint density at radius 3 is 2.66 bits per heavy atom. The largest absolute Gasteiger partial charge is 0.458 e. The van der Waals surface area contributed by atoms with Gasteiger partial charge in [-0.15, -0.1) is 0 Å². The Morgan fingerprint density at radius 1 is 1.07 bits per heavy atom. The van der Waals surface area contributed by atoms with Crippen molar-refractivity contribution in [2.45, 2.75) is 77.4 Å². The Kier molecular flexibility index (Phi) is 13.1. The molecular weight excluding hydrogens is 522 g/mol. The summed E-state index contributed by atoms with van der Waals surface area (Å²) in [4.78, 5) is 38.3. The van der Waals surface area contributed by atoms with Crippen LogP contribution in [0, 0.1) is 5.92 Å². The molecule has 41 heavy (non-hydrogen) atoms. The van der Waals surface area contributed by atoms with Gasteiger partial charge < -0.3 is 19.3 Å². The lowest BCUT2D eigenvalue weighted by Gasteiger charge is -2.25. The molecule has 0 saturated heterocycles. The van der Waals surface area contributed by atoms with E-state index in [1.54, 1.807) is 54.6 Å². The normalized spacial score (nSPS) is 20.2. The Morgan fingerprint density at radius 2 is 1.88 bits per heavy atom. The van der Waals surface area contributed by atoms with Crippen molar-refractivity contribution < 1.29 is 33.7 Å². The van der Waals surface area contributed by atoms with Gasteiger partial charge in [0.05, 0.1) is 18.3 Å². The predicted molar refractivity (Wildman–Crippen MR) is 157 cm³/mol. The number of allylic oxidation sites excluding steroid dienone is 2. The number of benzene rings is 2. The van der Waals surface area contributed by atoms with Crippen LogP contribution in [-0.2, 0) is 15.9 Å². The topological polar surface area (TPSA) is 111 Å². The minimum absolute atomic E-state index is 0.0469. The van der Waals surface area contributed by atoms with Crippen molar-refractivity contribution in [3.05, 3.63) is 89.6 Å². The van der Waals surface area contributed by atoms with E-state index in [0.717, 1.165) is 25.7 Å².